The van der Waals surface area contributed by atoms with E-state index in [0.29, 0.717) is 5.96 Å². The summed E-state index contributed by atoms with van der Waals surface area (Å²) in [7, 11) is 0. The Morgan fingerprint density at radius 1 is 1.16 bits per heavy atom. The largest absolute Gasteiger partial charge is 0.369 e. The molecule has 0 atom stereocenters. The van der Waals surface area contributed by atoms with E-state index in [-0.39, 0.29) is 5.96 Å². The number of hydrogen-bond acceptors (Lipinski definition) is 6. The number of guanidine groups is 2. The van der Waals surface area contributed by atoms with Crippen molar-refractivity contribution < 1.29 is 0 Å². The van der Waals surface area contributed by atoms with Gasteiger partial charge in [0, 0.05) is 6.08 Å². The van der Waals surface area contributed by atoms with Gasteiger partial charge in [-0.2, -0.15) is 10.3 Å². The number of allylic oxidation sites excluding steroid dienone is 1. The number of rotatable bonds is 2. The average molecular weight is 336 g/mol. The second-order valence-corrected chi connectivity index (χ2v) is 6.78. The summed E-state index contributed by atoms with van der Waals surface area (Å²) in [5.74, 6) is 0.667. The molecule has 6 nitrogen and oxygen atoms in total. The Labute approximate surface area is 148 Å². The van der Waals surface area contributed by atoms with Crippen molar-refractivity contribution in [2.24, 2.45) is 21.5 Å². The van der Waals surface area contributed by atoms with Crippen LogP contribution in [0.5, 0.6) is 0 Å². The van der Waals surface area contributed by atoms with Crippen LogP contribution in [0, 0.1) is 25.2 Å². The first kappa shape index (κ1) is 17.0. The van der Waals surface area contributed by atoms with Crippen LogP contribution in [-0.4, -0.2) is 17.6 Å². The fraction of sp³-hybridized carbons (Fsp3) is 0.421. The van der Waals surface area contributed by atoms with E-state index in [1.54, 1.807) is 0 Å². The van der Waals surface area contributed by atoms with Crippen LogP contribution < -0.4 is 16.4 Å². The minimum Gasteiger partial charge on any atom is -0.369 e. The molecular formula is C19H24N6. The zero-order valence-electron chi connectivity index (χ0n) is 14.8. The van der Waals surface area contributed by atoms with Crippen molar-refractivity contribution in [2.45, 2.75) is 51.6 Å². The molecule has 1 spiro atoms. The maximum Gasteiger partial charge on any atom is 0.220 e. The molecule has 0 unspecified atom stereocenters. The molecule has 0 bridgehead atoms. The van der Waals surface area contributed by atoms with E-state index >= 15 is 0 Å². The minimum atomic E-state index is -0.437. The van der Waals surface area contributed by atoms with Crippen LogP contribution in [0.15, 0.2) is 28.2 Å². The maximum atomic E-state index is 8.75. The summed E-state index contributed by atoms with van der Waals surface area (Å²) < 4.78 is 0. The summed E-state index contributed by atoms with van der Waals surface area (Å²) in [4.78, 5) is 11.0. The predicted molar refractivity (Wildman–Crippen MR) is 102 cm³/mol. The van der Waals surface area contributed by atoms with Crippen LogP contribution >= 0.6 is 0 Å². The first-order valence-electron chi connectivity index (χ1n) is 8.64. The smallest absolute Gasteiger partial charge is 0.220 e. The monoisotopic (exact) mass is 336 g/mol. The summed E-state index contributed by atoms with van der Waals surface area (Å²) >= 11 is 0. The highest BCUT2D eigenvalue weighted by Gasteiger charge is 2.43. The number of nitrogens with two attached hydrogens (primary N) is 2. The van der Waals surface area contributed by atoms with Crippen LogP contribution in [0.4, 0.5) is 5.69 Å². The van der Waals surface area contributed by atoms with Gasteiger partial charge in [-0.25, -0.2) is 4.99 Å². The van der Waals surface area contributed by atoms with E-state index in [9.17, 15) is 0 Å². The third kappa shape index (κ3) is 3.10. The predicted octanol–water partition coefficient (Wildman–Crippen LogP) is 2.95. The van der Waals surface area contributed by atoms with E-state index in [4.69, 9.17) is 21.7 Å². The van der Waals surface area contributed by atoms with Crippen molar-refractivity contribution in [1.82, 2.24) is 0 Å². The Kier molecular flexibility index (Phi) is 4.49. The molecule has 1 aliphatic carbocycles. The van der Waals surface area contributed by atoms with Crippen molar-refractivity contribution in [1.29, 1.82) is 5.26 Å². The summed E-state index contributed by atoms with van der Waals surface area (Å²) in [6, 6.07) is 6.14. The quantitative estimate of drug-likeness (QED) is 0.810. The highest BCUT2D eigenvalue weighted by atomic mass is 15.4. The standard InChI is InChI=1S/C19H24N6/c1-13-11-15(7-6-10-20)12-14(2)16(13)25-18(22)23-17(21)24-19(25)8-4-3-5-9-19/h6-7,11-12H,3-5,8-9H2,1-2H3,(H4,21,22,23,24). The topological polar surface area (TPSA) is 104 Å². The van der Waals surface area contributed by atoms with Crippen molar-refractivity contribution >= 4 is 23.7 Å². The Balaban J connectivity index is 2.12. The van der Waals surface area contributed by atoms with Gasteiger partial charge in [0.15, 0.2) is 0 Å². The lowest BCUT2D eigenvalue weighted by Gasteiger charge is -2.46. The number of benzene rings is 1. The van der Waals surface area contributed by atoms with Gasteiger partial charge in [0.1, 0.15) is 5.66 Å². The van der Waals surface area contributed by atoms with Gasteiger partial charge < -0.3 is 11.5 Å². The molecule has 3 rings (SSSR count). The molecule has 25 heavy (non-hydrogen) atoms. The second-order valence-electron chi connectivity index (χ2n) is 6.78. The van der Waals surface area contributed by atoms with Crippen LogP contribution in [-0.2, 0) is 0 Å². The first-order valence-corrected chi connectivity index (χ1v) is 8.64. The fourth-order valence-corrected chi connectivity index (χ4v) is 4.02. The van der Waals surface area contributed by atoms with Crippen molar-refractivity contribution in [2.75, 3.05) is 4.90 Å². The van der Waals surface area contributed by atoms with E-state index in [1.807, 2.05) is 12.1 Å². The number of hydrogen-bond donors (Lipinski definition) is 2. The van der Waals surface area contributed by atoms with Crippen molar-refractivity contribution in [3.8, 4) is 6.07 Å². The van der Waals surface area contributed by atoms with E-state index in [2.05, 4.69) is 35.9 Å². The molecule has 1 fully saturated rings. The highest BCUT2D eigenvalue weighted by molar-refractivity contribution is 6.06. The molecule has 130 valence electrons. The van der Waals surface area contributed by atoms with Crippen LogP contribution in [0.2, 0.25) is 0 Å². The van der Waals surface area contributed by atoms with E-state index < -0.39 is 5.66 Å². The summed E-state index contributed by atoms with van der Waals surface area (Å²) in [5, 5.41) is 8.75. The third-order valence-corrected chi connectivity index (χ3v) is 4.94. The van der Waals surface area contributed by atoms with Crippen molar-refractivity contribution in [3.05, 3.63) is 34.9 Å². The zero-order valence-corrected chi connectivity index (χ0v) is 14.8. The molecule has 2 aliphatic rings. The molecule has 0 saturated heterocycles. The Morgan fingerprint density at radius 3 is 2.40 bits per heavy atom. The summed E-state index contributed by atoms with van der Waals surface area (Å²) in [6.07, 6.45) is 8.53. The normalized spacial score (nSPS) is 19.6. The van der Waals surface area contributed by atoms with E-state index in [0.717, 1.165) is 48.1 Å². The highest BCUT2D eigenvalue weighted by Crippen LogP contribution is 2.41. The van der Waals surface area contributed by atoms with E-state index in [1.165, 1.54) is 12.5 Å². The average Bonchev–Trinajstić information content (AvgIpc) is 2.55. The van der Waals surface area contributed by atoms with Crippen LogP contribution in [0.25, 0.3) is 6.08 Å². The first-order chi connectivity index (χ1) is 12.0. The second kappa shape index (κ2) is 6.60. The Morgan fingerprint density at radius 2 is 1.80 bits per heavy atom. The molecule has 1 heterocycles. The zero-order chi connectivity index (χ0) is 18.0. The molecule has 4 N–H and O–H groups in total. The number of nitriles is 1. The van der Waals surface area contributed by atoms with Gasteiger partial charge >= 0.3 is 0 Å². The van der Waals surface area contributed by atoms with Gasteiger partial charge in [-0.05, 0) is 74.4 Å². The van der Waals surface area contributed by atoms with Crippen LogP contribution in [0.3, 0.4) is 0 Å². The van der Waals surface area contributed by atoms with Gasteiger partial charge in [0.25, 0.3) is 0 Å². The SMILES string of the molecule is Cc1cc(C=CC#N)cc(C)c1N1C(N)=NC(N)=NC12CCCCC2. The molecule has 0 amide bonds. The van der Waals surface area contributed by atoms with Gasteiger partial charge in [-0.3, -0.25) is 4.90 Å². The van der Waals surface area contributed by atoms with Gasteiger partial charge in [0.2, 0.25) is 11.9 Å². The van der Waals surface area contributed by atoms with Gasteiger partial charge in [-0.1, -0.05) is 6.42 Å². The van der Waals surface area contributed by atoms with Gasteiger partial charge in [0.05, 0.1) is 11.8 Å². The number of nitrogens with zero attached hydrogens (tertiary/aromatic N) is 4. The summed E-state index contributed by atoms with van der Waals surface area (Å²) in [6.45, 7) is 4.11. The molecular weight excluding hydrogens is 312 g/mol. The molecule has 0 aromatic heterocycles. The van der Waals surface area contributed by atoms with Crippen molar-refractivity contribution in [3.63, 3.8) is 0 Å². The lowest BCUT2D eigenvalue weighted by molar-refractivity contribution is 0.305. The number of aliphatic imine (C=N–C) groups is 2. The lowest BCUT2D eigenvalue weighted by Crippen LogP contribution is -2.58. The molecule has 1 saturated carbocycles. The molecule has 1 aromatic carbocycles. The van der Waals surface area contributed by atoms with Crippen LogP contribution in [0.1, 0.15) is 48.8 Å². The fourth-order valence-electron chi connectivity index (χ4n) is 4.02. The van der Waals surface area contributed by atoms with Gasteiger partial charge in [-0.15, -0.1) is 0 Å². The third-order valence-electron chi connectivity index (χ3n) is 4.94. The lowest BCUT2D eigenvalue weighted by atomic mass is 9.86. The molecule has 1 aliphatic heterocycles. The molecule has 6 heteroatoms. The number of aryl methyl sites for hydroxylation is 2. The summed E-state index contributed by atoms with van der Waals surface area (Å²) in [5.41, 5.74) is 16.0. The minimum absolute atomic E-state index is 0.263. The number of anilines is 1. The Bertz CT molecular complexity index is 783. The Hall–Kier alpha value is -2.81. The molecule has 1 aromatic rings. The maximum absolute atomic E-state index is 8.75. The molecule has 0 radical (unpaired) electrons.